The van der Waals surface area contributed by atoms with Gasteiger partial charge in [-0.05, 0) is 32.0 Å². The molecule has 1 aliphatic heterocycles. The van der Waals surface area contributed by atoms with Crippen molar-refractivity contribution in [2.45, 2.75) is 32.2 Å². The van der Waals surface area contributed by atoms with Gasteiger partial charge in [0.25, 0.3) is 0 Å². The number of hydrogen-bond donors (Lipinski definition) is 2. The molecule has 37 heavy (non-hydrogen) atoms. The SMILES string of the molecule is CC1(C)C(=O)Nc2nc(-c3nn(Cc4ccccc4F)c4ncccc34)nc(C(=O)Cc3ncn[nH]3)c21. The highest BCUT2D eigenvalue weighted by atomic mass is 19.1. The Balaban J connectivity index is 1.51. The normalized spacial score (nSPS) is 14.1. The van der Waals surface area contributed by atoms with Gasteiger partial charge in [0.05, 0.1) is 23.8 Å². The molecule has 12 heteroatoms. The molecule has 0 bridgehead atoms. The molecule has 6 rings (SSSR count). The van der Waals surface area contributed by atoms with Crippen LogP contribution >= 0.6 is 0 Å². The molecule has 184 valence electrons. The Morgan fingerprint density at radius 2 is 1.95 bits per heavy atom. The Morgan fingerprint density at radius 3 is 2.73 bits per heavy atom. The van der Waals surface area contributed by atoms with Crippen LogP contribution in [0, 0.1) is 5.82 Å². The van der Waals surface area contributed by atoms with Gasteiger partial charge in [-0.15, -0.1) is 0 Å². The van der Waals surface area contributed by atoms with Gasteiger partial charge in [0.2, 0.25) is 5.91 Å². The largest absolute Gasteiger partial charge is 0.310 e. The number of aromatic nitrogens is 8. The maximum atomic E-state index is 14.4. The maximum Gasteiger partial charge on any atom is 0.235 e. The Kier molecular flexibility index (Phi) is 5.10. The lowest BCUT2D eigenvalue weighted by Gasteiger charge is -2.17. The van der Waals surface area contributed by atoms with Gasteiger partial charge >= 0.3 is 0 Å². The summed E-state index contributed by atoms with van der Waals surface area (Å²) in [6, 6.07) is 9.98. The summed E-state index contributed by atoms with van der Waals surface area (Å²) in [7, 11) is 0. The second kappa shape index (κ2) is 8.36. The van der Waals surface area contributed by atoms with Gasteiger partial charge in [0.15, 0.2) is 17.3 Å². The van der Waals surface area contributed by atoms with Crippen molar-refractivity contribution >= 4 is 28.5 Å². The van der Waals surface area contributed by atoms with Crippen molar-refractivity contribution in [3.05, 3.63) is 77.4 Å². The summed E-state index contributed by atoms with van der Waals surface area (Å²) in [5.74, 6) is -0.237. The minimum atomic E-state index is -1.02. The summed E-state index contributed by atoms with van der Waals surface area (Å²) in [5.41, 5.74) is 0.794. The van der Waals surface area contributed by atoms with E-state index in [0.29, 0.717) is 33.7 Å². The van der Waals surface area contributed by atoms with Crippen LogP contribution in [0.3, 0.4) is 0 Å². The third-order valence-electron chi connectivity index (χ3n) is 6.39. The number of rotatable bonds is 6. The Morgan fingerprint density at radius 1 is 1.11 bits per heavy atom. The summed E-state index contributed by atoms with van der Waals surface area (Å²) in [5, 5.41) is 14.5. The number of amides is 1. The van der Waals surface area contributed by atoms with E-state index in [9.17, 15) is 14.0 Å². The van der Waals surface area contributed by atoms with Crippen LogP contribution in [-0.2, 0) is 23.2 Å². The van der Waals surface area contributed by atoms with Gasteiger partial charge in [-0.3, -0.25) is 14.7 Å². The van der Waals surface area contributed by atoms with Crippen molar-refractivity contribution in [3.8, 4) is 11.5 Å². The number of benzene rings is 1. The number of ketones is 1. The topological polar surface area (TPSA) is 144 Å². The summed E-state index contributed by atoms with van der Waals surface area (Å²) >= 11 is 0. The fraction of sp³-hybridized carbons (Fsp3) is 0.200. The van der Waals surface area contributed by atoms with Crippen molar-refractivity contribution in [1.82, 2.24) is 39.9 Å². The van der Waals surface area contributed by atoms with E-state index in [1.165, 1.54) is 12.4 Å². The van der Waals surface area contributed by atoms with Crippen molar-refractivity contribution in [2.75, 3.05) is 5.32 Å². The van der Waals surface area contributed by atoms with E-state index in [0.717, 1.165) is 0 Å². The van der Waals surface area contributed by atoms with Crippen molar-refractivity contribution < 1.29 is 14.0 Å². The van der Waals surface area contributed by atoms with Crippen LogP contribution < -0.4 is 5.32 Å². The fourth-order valence-electron chi connectivity index (χ4n) is 4.45. The van der Waals surface area contributed by atoms with Gasteiger partial charge in [-0.1, -0.05) is 18.2 Å². The highest BCUT2D eigenvalue weighted by Gasteiger charge is 2.44. The number of nitrogens with zero attached hydrogens (tertiary/aromatic N) is 7. The second-order valence-corrected chi connectivity index (χ2v) is 9.20. The minimum absolute atomic E-state index is 0.0861. The monoisotopic (exact) mass is 497 g/mol. The van der Waals surface area contributed by atoms with E-state index in [2.05, 4.69) is 40.5 Å². The first-order valence-corrected chi connectivity index (χ1v) is 11.5. The number of nitrogens with one attached hydrogen (secondary N) is 2. The first-order chi connectivity index (χ1) is 17.8. The molecule has 0 aliphatic carbocycles. The van der Waals surface area contributed by atoms with Crippen LogP contribution in [0.5, 0.6) is 0 Å². The Hall–Kier alpha value is -4.87. The number of anilines is 1. The first-order valence-electron chi connectivity index (χ1n) is 11.5. The molecule has 1 aliphatic rings. The molecule has 5 aromatic rings. The van der Waals surface area contributed by atoms with Crippen LogP contribution in [0.15, 0.2) is 48.9 Å². The van der Waals surface area contributed by atoms with Crippen LogP contribution in [0.1, 0.15) is 41.3 Å². The van der Waals surface area contributed by atoms with Crippen LogP contribution in [0.4, 0.5) is 10.2 Å². The number of carbonyl (C=O) groups is 2. The standard InChI is InChI=1S/C25H20FN9O2/c1-25(2)18-20(16(36)10-17-28-12-29-33-17)30-22(31-21(18)32-24(25)37)19-14-7-5-9-27-23(14)35(34-19)11-13-6-3-4-8-15(13)26/h3-9,12H,10-11H2,1-2H3,(H,28,29,33)(H,30,31,32,37). The van der Waals surface area contributed by atoms with E-state index in [4.69, 9.17) is 0 Å². The maximum absolute atomic E-state index is 14.4. The molecule has 0 spiro atoms. The zero-order valence-corrected chi connectivity index (χ0v) is 19.9. The van der Waals surface area contributed by atoms with Crippen molar-refractivity contribution in [1.29, 1.82) is 0 Å². The second-order valence-electron chi connectivity index (χ2n) is 9.20. The van der Waals surface area contributed by atoms with E-state index < -0.39 is 5.41 Å². The molecule has 5 heterocycles. The predicted octanol–water partition coefficient (Wildman–Crippen LogP) is 2.85. The molecule has 0 radical (unpaired) electrons. The molecule has 1 aromatic carbocycles. The van der Waals surface area contributed by atoms with E-state index in [1.807, 2.05) is 0 Å². The average Bonchev–Trinajstić information content (AvgIpc) is 3.58. The lowest BCUT2D eigenvalue weighted by atomic mass is 9.84. The molecule has 0 atom stereocenters. The highest BCUT2D eigenvalue weighted by Crippen LogP contribution is 2.40. The zero-order chi connectivity index (χ0) is 25.7. The molecule has 4 aromatic heterocycles. The Bertz CT molecular complexity index is 1690. The Labute approximate surface area is 209 Å². The summed E-state index contributed by atoms with van der Waals surface area (Å²) in [4.78, 5) is 43.8. The number of H-pyrrole nitrogens is 1. The molecule has 0 fully saturated rings. The van der Waals surface area contributed by atoms with Crippen LogP contribution in [0.2, 0.25) is 0 Å². The van der Waals surface area contributed by atoms with Gasteiger partial charge < -0.3 is 5.32 Å². The van der Waals surface area contributed by atoms with E-state index >= 15 is 0 Å². The lowest BCUT2D eigenvalue weighted by molar-refractivity contribution is -0.119. The van der Waals surface area contributed by atoms with Crippen LogP contribution in [0.25, 0.3) is 22.6 Å². The molecule has 0 saturated heterocycles. The minimum Gasteiger partial charge on any atom is -0.310 e. The van der Waals surface area contributed by atoms with Gasteiger partial charge in [0, 0.05) is 17.3 Å². The van der Waals surface area contributed by atoms with Gasteiger partial charge in [0.1, 0.15) is 35.2 Å². The van der Waals surface area contributed by atoms with Crippen molar-refractivity contribution in [2.24, 2.45) is 0 Å². The molecular weight excluding hydrogens is 477 g/mol. The third-order valence-corrected chi connectivity index (χ3v) is 6.39. The summed E-state index contributed by atoms with van der Waals surface area (Å²) in [6.45, 7) is 3.56. The zero-order valence-electron chi connectivity index (χ0n) is 19.9. The molecule has 11 nitrogen and oxygen atoms in total. The third kappa shape index (κ3) is 3.73. The molecule has 0 unspecified atom stereocenters. The van der Waals surface area contributed by atoms with Gasteiger partial charge in [-0.25, -0.2) is 29.0 Å². The highest BCUT2D eigenvalue weighted by molar-refractivity contribution is 6.10. The average molecular weight is 497 g/mol. The molecule has 0 saturated carbocycles. The molecular formula is C25H20FN9O2. The smallest absolute Gasteiger partial charge is 0.235 e. The number of hydrogen-bond acceptors (Lipinski definition) is 8. The van der Waals surface area contributed by atoms with E-state index in [-0.39, 0.29) is 47.8 Å². The summed E-state index contributed by atoms with van der Waals surface area (Å²) < 4.78 is 16.0. The quantitative estimate of drug-likeness (QED) is 0.341. The lowest BCUT2D eigenvalue weighted by Crippen LogP contribution is -2.29. The molecule has 1 amide bonds. The first kappa shape index (κ1) is 22.6. The fourth-order valence-corrected chi connectivity index (χ4v) is 4.45. The number of pyridine rings is 1. The van der Waals surface area contributed by atoms with Crippen molar-refractivity contribution in [3.63, 3.8) is 0 Å². The number of Topliss-reactive ketones (excluding diaryl/α,β-unsaturated/α-hetero) is 1. The number of carbonyl (C=O) groups excluding carboxylic acids is 2. The molecule has 2 N–H and O–H groups in total. The van der Waals surface area contributed by atoms with E-state index in [1.54, 1.807) is 55.1 Å². The van der Waals surface area contributed by atoms with Gasteiger partial charge in [-0.2, -0.15) is 10.2 Å². The van der Waals surface area contributed by atoms with Crippen LogP contribution in [-0.4, -0.2) is 51.6 Å². The summed E-state index contributed by atoms with van der Waals surface area (Å²) in [6.07, 6.45) is 2.84. The number of halogens is 1. The predicted molar refractivity (Wildman–Crippen MR) is 130 cm³/mol. The number of fused-ring (bicyclic) bond motifs is 2. The number of aromatic amines is 1.